The molecular weight excluding hydrogens is 304 g/mol. The third-order valence-electron chi connectivity index (χ3n) is 4.31. The summed E-state index contributed by atoms with van der Waals surface area (Å²) in [6.07, 6.45) is 5.00. The van der Waals surface area contributed by atoms with E-state index in [1.54, 1.807) is 0 Å². The van der Waals surface area contributed by atoms with Crippen LogP contribution in [0, 0.1) is 12.8 Å². The minimum Gasteiger partial charge on any atom is -0.355 e. The van der Waals surface area contributed by atoms with Gasteiger partial charge in [-0.2, -0.15) is 5.10 Å². The second kappa shape index (κ2) is 6.24. The Hall–Kier alpha value is -2.01. The highest BCUT2D eigenvalue weighted by Gasteiger charge is 2.25. The van der Waals surface area contributed by atoms with Gasteiger partial charge in [-0.05, 0) is 37.5 Å². The Kier molecular flexibility index (Phi) is 3.95. The molecule has 1 atom stereocenters. The maximum Gasteiger partial charge on any atom is 0.154 e. The first-order valence-electron chi connectivity index (χ1n) is 8.03. The Labute approximate surface area is 140 Å². The van der Waals surface area contributed by atoms with E-state index in [2.05, 4.69) is 51.4 Å². The van der Waals surface area contributed by atoms with Crippen LogP contribution >= 0.6 is 11.8 Å². The topological polar surface area (TPSA) is 33.4 Å². The molecule has 1 fully saturated rings. The molecule has 3 aromatic rings. The van der Waals surface area contributed by atoms with E-state index >= 15 is 0 Å². The van der Waals surface area contributed by atoms with Crippen molar-refractivity contribution in [2.75, 3.05) is 23.7 Å². The molecule has 1 saturated heterocycles. The van der Waals surface area contributed by atoms with Gasteiger partial charge in [0.1, 0.15) is 5.52 Å². The van der Waals surface area contributed by atoms with Gasteiger partial charge in [-0.25, -0.2) is 9.50 Å². The molecule has 1 aliphatic rings. The number of anilines is 1. The van der Waals surface area contributed by atoms with Crippen LogP contribution in [0.1, 0.15) is 12.1 Å². The van der Waals surface area contributed by atoms with Gasteiger partial charge in [0.05, 0.1) is 5.69 Å². The third kappa shape index (κ3) is 3.06. The number of aryl methyl sites for hydroxylation is 1. The molecule has 0 bridgehead atoms. The maximum absolute atomic E-state index is 4.61. The largest absolute Gasteiger partial charge is 0.355 e. The number of benzene rings is 1. The fraction of sp³-hybridized carbons (Fsp3) is 0.333. The molecule has 1 unspecified atom stereocenters. The molecule has 5 heteroatoms. The first-order chi connectivity index (χ1) is 11.3. The van der Waals surface area contributed by atoms with Crippen molar-refractivity contribution in [3.63, 3.8) is 0 Å². The van der Waals surface area contributed by atoms with Crippen molar-refractivity contribution in [3.8, 4) is 0 Å². The molecule has 0 radical (unpaired) electrons. The van der Waals surface area contributed by atoms with Crippen LogP contribution in [0.15, 0.2) is 53.7 Å². The SMILES string of the molecule is Cc1cc2c(N3CCC(CSc4ccccc4)C3)nccn2n1. The Morgan fingerprint density at radius 1 is 1.26 bits per heavy atom. The zero-order valence-electron chi connectivity index (χ0n) is 13.2. The van der Waals surface area contributed by atoms with Gasteiger partial charge in [-0.15, -0.1) is 11.8 Å². The summed E-state index contributed by atoms with van der Waals surface area (Å²) in [5.41, 5.74) is 2.15. The van der Waals surface area contributed by atoms with Crippen molar-refractivity contribution < 1.29 is 0 Å². The summed E-state index contributed by atoms with van der Waals surface area (Å²) >= 11 is 1.96. The Morgan fingerprint density at radius 3 is 3.00 bits per heavy atom. The summed E-state index contributed by atoms with van der Waals surface area (Å²) in [4.78, 5) is 8.38. The predicted molar refractivity (Wildman–Crippen MR) is 95.2 cm³/mol. The van der Waals surface area contributed by atoms with Crippen LogP contribution in [0.3, 0.4) is 0 Å². The lowest BCUT2D eigenvalue weighted by molar-refractivity contribution is 0.670. The van der Waals surface area contributed by atoms with Crippen LogP contribution < -0.4 is 4.90 Å². The number of aromatic nitrogens is 3. The zero-order valence-corrected chi connectivity index (χ0v) is 14.0. The lowest BCUT2D eigenvalue weighted by Gasteiger charge is -2.18. The summed E-state index contributed by atoms with van der Waals surface area (Å²) in [7, 11) is 0. The molecule has 0 N–H and O–H groups in total. The molecular formula is C18H20N4S. The predicted octanol–water partition coefficient (Wildman–Crippen LogP) is 3.66. The minimum absolute atomic E-state index is 0.714. The minimum atomic E-state index is 0.714. The van der Waals surface area contributed by atoms with E-state index in [0.717, 1.165) is 30.1 Å². The third-order valence-corrected chi connectivity index (χ3v) is 5.55. The Bertz CT molecular complexity index is 799. The van der Waals surface area contributed by atoms with Crippen molar-refractivity contribution in [1.29, 1.82) is 0 Å². The molecule has 1 aromatic carbocycles. The van der Waals surface area contributed by atoms with Gasteiger partial charge in [0.25, 0.3) is 0 Å². The average molecular weight is 324 g/mol. The first-order valence-corrected chi connectivity index (χ1v) is 9.02. The normalized spacial score (nSPS) is 18.0. The summed E-state index contributed by atoms with van der Waals surface area (Å²) in [5, 5.41) is 4.49. The van der Waals surface area contributed by atoms with Crippen LogP contribution in [0.2, 0.25) is 0 Å². The smallest absolute Gasteiger partial charge is 0.154 e. The van der Waals surface area contributed by atoms with Crippen LogP contribution in [0.5, 0.6) is 0 Å². The molecule has 0 aliphatic carbocycles. The molecule has 2 aromatic heterocycles. The molecule has 0 saturated carbocycles. The lowest BCUT2D eigenvalue weighted by atomic mass is 10.2. The second-order valence-electron chi connectivity index (χ2n) is 6.09. The lowest BCUT2D eigenvalue weighted by Crippen LogP contribution is -2.22. The molecule has 23 heavy (non-hydrogen) atoms. The highest BCUT2D eigenvalue weighted by molar-refractivity contribution is 7.99. The highest BCUT2D eigenvalue weighted by Crippen LogP contribution is 2.29. The quantitative estimate of drug-likeness (QED) is 0.686. The van der Waals surface area contributed by atoms with E-state index in [9.17, 15) is 0 Å². The summed E-state index contributed by atoms with van der Waals surface area (Å²) in [6, 6.07) is 12.8. The number of thioether (sulfide) groups is 1. The van der Waals surface area contributed by atoms with Crippen LogP contribution in [0.25, 0.3) is 5.52 Å². The molecule has 0 amide bonds. The fourth-order valence-corrected chi connectivity index (χ4v) is 4.22. The standard InChI is InChI=1S/C18H20N4S/c1-14-11-17-18(19-8-10-22(17)20-14)21-9-7-15(12-21)13-23-16-5-3-2-4-6-16/h2-6,8,10-11,15H,7,9,12-13H2,1H3. The van der Waals surface area contributed by atoms with E-state index in [0.29, 0.717) is 5.92 Å². The Morgan fingerprint density at radius 2 is 2.13 bits per heavy atom. The van der Waals surface area contributed by atoms with Crippen LogP contribution in [-0.2, 0) is 0 Å². The van der Waals surface area contributed by atoms with E-state index in [1.807, 2.05) is 35.6 Å². The first kappa shape index (κ1) is 14.6. The molecule has 4 rings (SSSR count). The Balaban J connectivity index is 1.45. The van der Waals surface area contributed by atoms with Crippen molar-refractivity contribution in [1.82, 2.24) is 14.6 Å². The molecule has 118 valence electrons. The molecule has 1 aliphatic heterocycles. The van der Waals surface area contributed by atoms with Gasteiger partial charge in [-0.3, -0.25) is 0 Å². The van der Waals surface area contributed by atoms with Crippen molar-refractivity contribution in [2.45, 2.75) is 18.2 Å². The van der Waals surface area contributed by atoms with Gasteiger partial charge < -0.3 is 4.90 Å². The van der Waals surface area contributed by atoms with E-state index in [-0.39, 0.29) is 0 Å². The summed E-state index contributed by atoms with van der Waals surface area (Å²) in [6.45, 7) is 4.19. The number of fused-ring (bicyclic) bond motifs is 1. The molecule has 3 heterocycles. The van der Waals surface area contributed by atoms with Gasteiger partial charge in [-0.1, -0.05) is 18.2 Å². The number of nitrogens with zero attached hydrogens (tertiary/aromatic N) is 4. The van der Waals surface area contributed by atoms with Gasteiger partial charge >= 0.3 is 0 Å². The zero-order chi connectivity index (χ0) is 15.6. The monoisotopic (exact) mass is 324 g/mol. The number of hydrogen-bond acceptors (Lipinski definition) is 4. The van der Waals surface area contributed by atoms with Crippen LogP contribution in [0.4, 0.5) is 5.82 Å². The van der Waals surface area contributed by atoms with E-state index < -0.39 is 0 Å². The van der Waals surface area contributed by atoms with Gasteiger partial charge in [0.2, 0.25) is 0 Å². The molecule has 0 spiro atoms. The van der Waals surface area contributed by atoms with Crippen molar-refractivity contribution >= 4 is 23.1 Å². The van der Waals surface area contributed by atoms with Crippen LogP contribution in [-0.4, -0.2) is 33.4 Å². The average Bonchev–Trinajstić information content (AvgIpc) is 3.19. The molecule has 4 nitrogen and oxygen atoms in total. The summed E-state index contributed by atoms with van der Waals surface area (Å²) in [5.74, 6) is 2.95. The van der Waals surface area contributed by atoms with Gasteiger partial charge in [0, 0.05) is 36.1 Å². The van der Waals surface area contributed by atoms with E-state index in [1.165, 1.54) is 17.1 Å². The maximum atomic E-state index is 4.61. The fourth-order valence-electron chi connectivity index (χ4n) is 3.17. The summed E-state index contributed by atoms with van der Waals surface area (Å²) < 4.78 is 1.93. The van der Waals surface area contributed by atoms with E-state index in [4.69, 9.17) is 0 Å². The highest BCUT2D eigenvalue weighted by atomic mass is 32.2. The van der Waals surface area contributed by atoms with Gasteiger partial charge in [0.15, 0.2) is 5.82 Å². The number of hydrogen-bond donors (Lipinski definition) is 0. The second-order valence-corrected chi connectivity index (χ2v) is 7.18. The number of rotatable bonds is 4. The van der Waals surface area contributed by atoms with Crippen molar-refractivity contribution in [2.24, 2.45) is 5.92 Å². The van der Waals surface area contributed by atoms with Crippen molar-refractivity contribution in [3.05, 3.63) is 54.5 Å².